The molecular formula is C15H20N2O3. The number of nitrogens with one attached hydrogen (secondary N) is 2. The van der Waals surface area contributed by atoms with Gasteiger partial charge in [0.15, 0.2) is 0 Å². The fourth-order valence-corrected chi connectivity index (χ4v) is 2.06. The third-order valence-electron chi connectivity index (χ3n) is 3.31. The standard InChI is InChI=1S/C15H20N2O3/c1-15(19,7-9-20-2)10-17-14(18)12-4-3-5-13-11(12)6-8-16-13/h3-6,8,16,19H,7,9-10H2,1-2H3,(H,17,18). The molecule has 1 heterocycles. The van der Waals surface area contributed by atoms with Gasteiger partial charge >= 0.3 is 0 Å². The normalized spacial score (nSPS) is 14.2. The summed E-state index contributed by atoms with van der Waals surface area (Å²) in [7, 11) is 1.58. The molecule has 3 N–H and O–H groups in total. The molecule has 0 radical (unpaired) electrons. The van der Waals surface area contributed by atoms with Crippen molar-refractivity contribution in [3.05, 3.63) is 36.0 Å². The number of hydrogen-bond donors (Lipinski definition) is 3. The molecule has 20 heavy (non-hydrogen) atoms. The number of carbonyl (C=O) groups is 1. The van der Waals surface area contributed by atoms with Crippen LogP contribution in [0.2, 0.25) is 0 Å². The van der Waals surface area contributed by atoms with Crippen LogP contribution in [0.25, 0.3) is 10.9 Å². The molecule has 0 bridgehead atoms. The first-order valence-corrected chi connectivity index (χ1v) is 6.59. The average molecular weight is 276 g/mol. The first-order valence-electron chi connectivity index (χ1n) is 6.59. The number of aromatic nitrogens is 1. The number of methoxy groups -OCH3 is 1. The molecule has 1 unspecified atom stereocenters. The summed E-state index contributed by atoms with van der Waals surface area (Å²) < 4.78 is 4.94. The Labute approximate surface area is 117 Å². The Bertz CT molecular complexity index is 590. The highest BCUT2D eigenvalue weighted by Crippen LogP contribution is 2.17. The molecule has 0 aliphatic heterocycles. The second-order valence-corrected chi connectivity index (χ2v) is 5.17. The van der Waals surface area contributed by atoms with Crippen LogP contribution in [0.3, 0.4) is 0 Å². The number of H-pyrrole nitrogens is 1. The van der Waals surface area contributed by atoms with E-state index in [1.54, 1.807) is 26.3 Å². The van der Waals surface area contributed by atoms with E-state index < -0.39 is 5.60 Å². The zero-order valence-corrected chi connectivity index (χ0v) is 11.8. The fraction of sp³-hybridized carbons (Fsp3) is 0.400. The van der Waals surface area contributed by atoms with Crippen LogP contribution in [0.15, 0.2) is 30.5 Å². The van der Waals surface area contributed by atoms with Crippen LogP contribution in [-0.2, 0) is 4.74 Å². The van der Waals surface area contributed by atoms with E-state index in [4.69, 9.17) is 4.74 Å². The van der Waals surface area contributed by atoms with Gasteiger partial charge in [-0.1, -0.05) is 6.07 Å². The van der Waals surface area contributed by atoms with E-state index >= 15 is 0 Å². The van der Waals surface area contributed by atoms with Crippen LogP contribution in [0.5, 0.6) is 0 Å². The molecule has 2 rings (SSSR count). The van der Waals surface area contributed by atoms with Gasteiger partial charge in [-0.3, -0.25) is 4.79 Å². The minimum Gasteiger partial charge on any atom is -0.388 e. The summed E-state index contributed by atoms with van der Waals surface area (Å²) in [5.74, 6) is -0.187. The molecule has 0 saturated carbocycles. The average Bonchev–Trinajstić information content (AvgIpc) is 2.91. The zero-order valence-electron chi connectivity index (χ0n) is 11.8. The summed E-state index contributed by atoms with van der Waals surface area (Å²) in [5.41, 5.74) is 0.549. The number of aliphatic hydroxyl groups is 1. The number of ether oxygens (including phenoxy) is 1. The van der Waals surface area contributed by atoms with Crippen LogP contribution >= 0.6 is 0 Å². The number of hydrogen-bond acceptors (Lipinski definition) is 3. The lowest BCUT2D eigenvalue weighted by molar-refractivity contribution is 0.0244. The van der Waals surface area contributed by atoms with E-state index in [2.05, 4.69) is 10.3 Å². The summed E-state index contributed by atoms with van der Waals surface area (Å²) >= 11 is 0. The summed E-state index contributed by atoms with van der Waals surface area (Å²) in [4.78, 5) is 15.3. The molecule has 2 aromatic rings. The van der Waals surface area contributed by atoms with Crippen LogP contribution in [-0.4, -0.2) is 41.9 Å². The van der Waals surface area contributed by atoms with Crippen molar-refractivity contribution in [1.82, 2.24) is 10.3 Å². The smallest absolute Gasteiger partial charge is 0.252 e. The minimum atomic E-state index is -0.974. The maximum absolute atomic E-state index is 12.2. The second-order valence-electron chi connectivity index (χ2n) is 5.17. The summed E-state index contributed by atoms with van der Waals surface area (Å²) in [6.45, 7) is 2.33. The molecule has 108 valence electrons. The maximum atomic E-state index is 12.2. The Morgan fingerprint density at radius 2 is 2.25 bits per heavy atom. The van der Waals surface area contributed by atoms with Crippen LogP contribution in [0, 0.1) is 0 Å². The van der Waals surface area contributed by atoms with Crippen molar-refractivity contribution < 1.29 is 14.6 Å². The van der Waals surface area contributed by atoms with Crippen LogP contribution < -0.4 is 5.32 Å². The predicted octanol–water partition coefficient (Wildman–Crippen LogP) is 1.69. The fourth-order valence-electron chi connectivity index (χ4n) is 2.06. The number of aromatic amines is 1. The largest absolute Gasteiger partial charge is 0.388 e. The quantitative estimate of drug-likeness (QED) is 0.751. The summed E-state index contributed by atoms with van der Waals surface area (Å²) in [5, 5.41) is 13.8. The van der Waals surface area contributed by atoms with Crippen LogP contribution in [0.1, 0.15) is 23.7 Å². The highest BCUT2D eigenvalue weighted by atomic mass is 16.5. The zero-order chi connectivity index (χ0) is 14.6. The van der Waals surface area contributed by atoms with Gasteiger partial charge in [-0.2, -0.15) is 0 Å². The Morgan fingerprint density at radius 1 is 1.45 bits per heavy atom. The molecule has 1 aromatic carbocycles. The molecule has 1 atom stereocenters. The number of fused-ring (bicyclic) bond motifs is 1. The molecule has 0 aliphatic carbocycles. The van der Waals surface area contributed by atoms with E-state index in [0.29, 0.717) is 18.6 Å². The lowest BCUT2D eigenvalue weighted by atomic mass is 10.0. The first-order chi connectivity index (χ1) is 9.53. The van der Waals surface area contributed by atoms with E-state index in [1.807, 2.05) is 18.2 Å². The molecule has 5 heteroatoms. The topological polar surface area (TPSA) is 74.3 Å². The molecule has 5 nitrogen and oxygen atoms in total. The van der Waals surface area contributed by atoms with E-state index in [-0.39, 0.29) is 12.5 Å². The number of rotatable bonds is 6. The summed E-state index contributed by atoms with van der Waals surface area (Å²) in [6.07, 6.45) is 2.27. The SMILES string of the molecule is COCCC(C)(O)CNC(=O)c1cccc2[nH]ccc12. The van der Waals surface area contributed by atoms with Crippen molar-refractivity contribution in [3.63, 3.8) is 0 Å². The number of benzene rings is 1. The number of amides is 1. The van der Waals surface area contributed by atoms with E-state index in [0.717, 1.165) is 10.9 Å². The summed E-state index contributed by atoms with van der Waals surface area (Å²) in [6, 6.07) is 7.39. The molecule has 0 aliphatic rings. The van der Waals surface area contributed by atoms with Crippen molar-refractivity contribution >= 4 is 16.8 Å². The van der Waals surface area contributed by atoms with E-state index in [9.17, 15) is 9.90 Å². The lowest BCUT2D eigenvalue weighted by Crippen LogP contribution is -2.41. The van der Waals surface area contributed by atoms with Gasteiger partial charge in [0, 0.05) is 49.3 Å². The molecule has 0 spiro atoms. The Balaban J connectivity index is 2.03. The Hall–Kier alpha value is -1.85. The third-order valence-corrected chi connectivity index (χ3v) is 3.31. The monoisotopic (exact) mass is 276 g/mol. The van der Waals surface area contributed by atoms with Gasteiger partial charge in [0.25, 0.3) is 5.91 Å². The van der Waals surface area contributed by atoms with Gasteiger partial charge < -0.3 is 20.1 Å². The van der Waals surface area contributed by atoms with Gasteiger partial charge in [0.1, 0.15) is 0 Å². The van der Waals surface area contributed by atoms with Gasteiger partial charge in [-0.25, -0.2) is 0 Å². The van der Waals surface area contributed by atoms with Crippen molar-refractivity contribution in [2.45, 2.75) is 18.9 Å². The van der Waals surface area contributed by atoms with Crippen LogP contribution in [0.4, 0.5) is 0 Å². The Kier molecular flexibility index (Phi) is 4.42. The van der Waals surface area contributed by atoms with Gasteiger partial charge in [0.2, 0.25) is 0 Å². The predicted molar refractivity (Wildman–Crippen MR) is 77.7 cm³/mol. The van der Waals surface area contributed by atoms with Crippen molar-refractivity contribution in [2.24, 2.45) is 0 Å². The molecule has 1 amide bonds. The molecule has 0 saturated heterocycles. The highest BCUT2D eigenvalue weighted by molar-refractivity contribution is 6.06. The minimum absolute atomic E-state index is 0.187. The number of carbonyl (C=O) groups excluding carboxylic acids is 1. The van der Waals surface area contributed by atoms with E-state index in [1.165, 1.54) is 0 Å². The second kappa shape index (κ2) is 6.07. The highest BCUT2D eigenvalue weighted by Gasteiger charge is 2.21. The van der Waals surface area contributed by atoms with Gasteiger partial charge in [-0.15, -0.1) is 0 Å². The lowest BCUT2D eigenvalue weighted by Gasteiger charge is -2.23. The molecule has 1 aromatic heterocycles. The van der Waals surface area contributed by atoms with Crippen molar-refractivity contribution in [1.29, 1.82) is 0 Å². The molecular weight excluding hydrogens is 256 g/mol. The van der Waals surface area contributed by atoms with Gasteiger partial charge in [-0.05, 0) is 25.1 Å². The third kappa shape index (κ3) is 3.37. The molecule has 0 fully saturated rings. The maximum Gasteiger partial charge on any atom is 0.252 e. The van der Waals surface area contributed by atoms with Gasteiger partial charge in [0.05, 0.1) is 5.60 Å². The first kappa shape index (κ1) is 14.6. The van der Waals surface area contributed by atoms with Crippen molar-refractivity contribution in [3.8, 4) is 0 Å². The Morgan fingerprint density at radius 3 is 3.00 bits per heavy atom. The van der Waals surface area contributed by atoms with Crippen molar-refractivity contribution in [2.75, 3.05) is 20.3 Å².